The third-order valence-electron chi connectivity index (χ3n) is 4.05. The normalized spacial score (nSPS) is 14.6. The van der Waals surface area contributed by atoms with Crippen molar-refractivity contribution in [3.63, 3.8) is 0 Å². The Kier molecular flexibility index (Phi) is 5.48. The van der Waals surface area contributed by atoms with Crippen LogP contribution in [0.1, 0.15) is 12.1 Å². The van der Waals surface area contributed by atoms with Crippen molar-refractivity contribution >= 4 is 5.95 Å². The van der Waals surface area contributed by atoms with E-state index in [2.05, 4.69) is 15.2 Å². The summed E-state index contributed by atoms with van der Waals surface area (Å²) in [5.41, 5.74) is 0.779. The van der Waals surface area contributed by atoms with Gasteiger partial charge >= 0.3 is 0 Å². The Morgan fingerprint density at radius 3 is 2.71 bits per heavy atom. The zero-order valence-corrected chi connectivity index (χ0v) is 14.1. The average Bonchev–Trinajstić information content (AvgIpc) is 2.61. The molecule has 3 rings (SSSR count). The lowest BCUT2D eigenvalue weighted by molar-refractivity contribution is 0.300. The molecule has 1 aromatic carbocycles. The number of ether oxygens (including phenoxy) is 1. The number of para-hydroxylation sites is 1. The molecule has 1 fully saturated rings. The maximum absolute atomic E-state index is 12.4. The second-order valence-corrected chi connectivity index (χ2v) is 5.94. The smallest absolute Gasteiger partial charge is 0.255 e. The molecule has 2 heterocycles. The highest BCUT2D eigenvalue weighted by molar-refractivity contribution is 5.33. The largest absolute Gasteiger partial charge is 0.494 e. The van der Waals surface area contributed by atoms with Gasteiger partial charge in [0.2, 0.25) is 5.95 Å². The van der Waals surface area contributed by atoms with Gasteiger partial charge in [-0.3, -0.25) is 9.36 Å². The molecule has 1 aliphatic rings. The summed E-state index contributed by atoms with van der Waals surface area (Å²) in [6.45, 7) is 6.63. The zero-order chi connectivity index (χ0) is 16.8. The van der Waals surface area contributed by atoms with Crippen molar-refractivity contribution in [1.29, 1.82) is 0 Å². The number of benzene rings is 1. The number of nitrogens with one attached hydrogen (secondary N) is 1. The van der Waals surface area contributed by atoms with Crippen molar-refractivity contribution in [3.05, 3.63) is 52.4 Å². The molecule has 2 aromatic rings. The molecule has 24 heavy (non-hydrogen) atoms. The van der Waals surface area contributed by atoms with Gasteiger partial charge in [-0.1, -0.05) is 18.2 Å². The molecule has 1 aromatic heterocycles. The summed E-state index contributed by atoms with van der Waals surface area (Å²) >= 11 is 0. The molecule has 0 aliphatic carbocycles. The maximum atomic E-state index is 12.4. The molecule has 1 aliphatic heterocycles. The lowest BCUT2D eigenvalue weighted by Gasteiger charge is -2.30. The maximum Gasteiger partial charge on any atom is 0.255 e. The second kappa shape index (κ2) is 7.97. The summed E-state index contributed by atoms with van der Waals surface area (Å²) in [7, 11) is 0. The van der Waals surface area contributed by atoms with Crippen LogP contribution < -0.4 is 20.5 Å². The molecule has 6 nitrogen and oxygen atoms in total. The summed E-state index contributed by atoms with van der Waals surface area (Å²) < 4.78 is 7.49. The van der Waals surface area contributed by atoms with Gasteiger partial charge in [0.25, 0.3) is 5.56 Å². The van der Waals surface area contributed by atoms with Gasteiger partial charge in [-0.05, 0) is 25.5 Å². The molecule has 0 amide bonds. The average molecular weight is 328 g/mol. The highest BCUT2D eigenvalue weighted by Crippen LogP contribution is 2.12. The fraction of sp³-hybridized carbons (Fsp3) is 0.444. The van der Waals surface area contributed by atoms with Gasteiger partial charge in [-0.2, -0.15) is 0 Å². The molecule has 0 saturated carbocycles. The van der Waals surface area contributed by atoms with Crippen molar-refractivity contribution < 1.29 is 4.74 Å². The molecule has 1 N–H and O–H groups in total. The van der Waals surface area contributed by atoms with E-state index < -0.39 is 0 Å². The second-order valence-electron chi connectivity index (χ2n) is 5.94. The molecule has 128 valence electrons. The molecule has 0 bridgehead atoms. The summed E-state index contributed by atoms with van der Waals surface area (Å²) in [6.07, 6.45) is 0.763. The first-order chi connectivity index (χ1) is 11.7. The van der Waals surface area contributed by atoms with Crippen LogP contribution >= 0.6 is 0 Å². The van der Waals surface area contributed by atoms with Crippen LogP contribution in [0.5, 0.6) is 5.75 Å². The fourth-order valence-electron chi connectivity index (χ4n) is 2.85. The molecular formula is C18H24N4O2. The van der Waals surface area contributed by atoms with Gasteiger partial charge in [0.1, 0.15) is 5.75 Å². The van der Waals surface area contributed by atoms with E-state index in [4.69, 9.17) is 4.74 Å². The van der Waals surface area contributed by atoms with Crippen LogP contribution in [0.15, 0.2) is 41.2 Å². The van der Waals surface area contributed by atoms with E-state index in [1.54, 1.807) is 10.6 Å². The quantitative estimate of drug-likeness (QED) is 0.813. The summed E-state index contributed by atoms with van der Waals surface area (Å²) in [5, 5.41) is 3.33. The minimum Gasteiger partial charge on any atom is -0.494 e. The predicted octanol–water partition coefficient (Wildman–Crippen LogP) is 1.43. The molecule has 0 radical (unpaired) electrons. The van der Waals surface area contributed by atoms with Crippen molar-refractivity contribution in [2.45, 2.75) is 19.9 Å². The number of piperazine rings is 1. The highest BCUT2D eigenvalue weighted by atomic mass is 16.5. The molecule has 0 spiro atoms. The molecule has 0 atom stereocenters. The van der Waals surface area contributed by atoms with Crippen molar-refractivity contribution in [1.82, 2.24) is 14.9 Å². The van der Waals surface area contributed by atoms with E-state index in [9.17, 15) is 4.79 Å². The minimum absolute atomic E-state index is 0.00995. The highest BCUT2D eigenvalue weighted by Gasteiger charge is 2.17. The number of hydrogen-bond acceptors (Lipinski definition) is 5. The van der Waals surface area contributed by atoms with Crippen LogP contribution in [0.2, 0.25) is 0 Å². The standard InChI is InChI=1S/C18H24N4O2/c1-15-14-17(23)22(18(20-15)21-11-8-19-9-12-21)10-5-13-24-16-6-3-2-4-7-16/h2-4,6-7,14,19H,5,8-13H2,1H3. The molecule has 0 unspecified atom stereocenters. The fourth-order valence-corrected chi connectivity index (χ4v) is 2.85. The van der Waals surface area contributed by atoms with Crippen LogP contribution in [0.25, 0.3) is 0 Å². The van der Waals surface area contributed by atoms with Crippen LogP contribution in [-0.2, 0) is 6.54 Å². The number of hydrogen-bond donors (Lipinski definition) is 1. The first-order valence-corrected chi connectivity index (χ1v) is 8.46. The lowest BCUT2D eigenvalue weighted by Crippen LogP contribution is -2.46. The molecule has 1 saturated heterocycles. The topological polar surface area (TPSA) is 59.4 Å². The van der Waals surface area contributed by atoms with Gasteiger partial charge < -0.3 is 15.0 Å². The summed E-state index contributed by atoms with van der Waals surface area (Å²) in [6, 6.07) is 11.3. The van der Waals surface area contributed by atoms with E-state index in [0.29, 0.717) is 13.2 Å². The zero-order valence-electron chi connectivity index (χ0n) is 14.1. The van der Waals surface area contributed by atoms with Gasteiger partial charge in [-0.25, -0.2) is 4.98 Å². The van der Waals surface area contributed by atoms with Crippen molar-refractivity contribution in [2.24, 2.45) is 0 Å². The Morgan fingerprint density at radius 2 is 1.96 bits per heavy atom. The molecule has 6 heteroatoms. The number of aryl methyl sites for hydroxylation is 1. The third kappa shape index (κ3) is 4.14. The minimum atomic E-state index is 0.00995. The van der Waals surface area contributed by atoms with Crippen molar-refractivity contribution in [2.75, 3.05) is 37.7 Å². The van der Waals surface area contributed by atoms with Gasteiger partial charge in [0, 0.05) is 44.5 Å². The number of aromatic nitrogens is 2. The Balaban J connectivity index is 1.66. The van der Waals surface area contributed by atoms with Crippen LogP contribution in [0.4, 0.5) is 5.95 Å². The first kappa shape index (κ1) is 16.5. The van der Waals surface area contributed by atoms with E-state index in [0.717, 1.165) is 50.0 Å². The third-order valence-corrected chi connectivity index (χ3v) is 4.05. The number of anilines is 1. The Hall–Kier alpha value is -2.34. The monoisotopic (exact) mass is 328 g/mol. The Bertz CT molecular complexity index is 709. The van der Waals surface area contributed by atoms with E-state index in [-0.39, 0.29) is 5.56 Å². The van der Waals surface area contributed by atoms with Crippen LogP contribution in [0.3, 0.4) is 0 Å². The number of rotatable bonds is 6. The van der Waals surface area contributed by atoms with E-state index >= 15 is 0 Å². The van der Waals surface area contributed by atoms with E-state index in [1.165, 1.54) is 0 Å². The Morgan fingerprint density at radius 1 is 1.21 bits per heavy atom. The Labute approximate surface area is 142 Å². The predicted molar refractivity (Wildman–Crippen MR) is 94.9 cm³/mol. The summed E-state index contributed by atoms with van der Waals surface area (Å²) in [4.78, 5) is 19.2. The van der Waals surface area contributed by atoms with Gasteiger partial charge in [0.15, 0.2) is 0 Å². The van der Waals surface area contributed by atoms with Gasteiger partial charge in [0.05, 0.1) is 6.61 Å². The summed E-state index contributed by atoms with van der Waals surface area (Å²) in [5.74, 6) is 1.63. The SMILES string of the molecule is Cc1cc(=O)n(CCCOc2ccccc2)c(N2CCNCC2)n1. The number of nitrogens with zero attached hydrogens (tertiary/aromatic N) is 3. The lowest BCUT2D eigenvalue weighted by atomic mass is 10.3. The van der Waals surface area contributed by atoms with Gasteiger partial charge in [-0.15, -0.1) is 0 Å². The van der Waals surface area contributed by atoms with Crippen LogP contribution in [0, 0.1) is 6.92 Å². The van der Waals surface area contributed by atoms with E-state index in [1.807, 2.05) is 37.3 Å². The van der Waals surface area contributed by atoms with Crippen LogP contribution in [-0.4, -0.2) is 42.3 Å². The van der Waals surface area contributed by atoms with Crippen molar-refractivity contribution in [3.8, 4) is 5.75 Å². The molecular weight excluding hydrogens is 304 g/mol. The first-order valence-electron chi connectivity index (χ1n) is 8.46.